The second-order valence-corrected chi connectivity index (χ2v) is 13.0. The van der Waals surface area contributed by atoms with Gasteiger partial charge in [-0.2, -0.15) is 5.10 Å². The highest BCUT2D eigenvalue weighted by Crippen LogP contribution is 2.32. The van der Waals surface area contributed by atoms with E-state index in [1.54, 1.807) is 35.9 Å². The molecule has 0 radical (unpaired) electrons. The van der Waals surface area contributed by atoms with E-state index in [9.17, 15) is 14.4 Å². The van der Waals surface area contributed by atoms with Gasteiger partial charge in [-0.1, -0.05) is 54.3 Å². The third kappa shape index (κ3) is 6.72. The van der Waals surface area contributed by atoms with Crippen molar-refractivity contribution in [3.63, 3.8) is 0 Å². The summed E-state index contributed by atoms with van der Waals surface area (Å²) in [5, 5.41) is 4.96. The van der Waals surface area contributed by atoms with Crippen molar-refractivity contribution < 1.29 is 23.8 Å². The van der Waals surface area contributed by atoms with E-state index in [-0.39, 0.29) is 23.8 Å². The highest BCUT2D eigenvalue weighted by Gasteiger charge is 2.33. The van der Waals surface area contributed by atoms with Gasteiger partial charge in [0.05, 0.1) is 46.3 Å². The molecule has 1 aliphatic rings. The van der Waals surface area contributed by atoms with Crippen molar-refractivity contribution in [2.24, 2.45) is 4.99 Å². The van der Waals surface area contributed by atoms with Crippen LogP contribution in [0.2, 0.25) is 0 Å². The van der Waals surface area contributed by atoms with Crippen LogP contribution in [0.1, 0.15) is 53.9 Å². The molecule has 0 aliphatic carbocycles. The lowest BCUT2D eigenvalue weighted by atomic mass is 9.95. The van der Waals surface area contributed by atoms with Crippen molar-refractivity contribution in [2.45, 2.75) is 39.8 Å². The molecule has 6 rings (SSSR count). The average molecular weight is 689 g/mol. The number of rotatable bonds is 10. The maximum atomic E-state index is 14.4. The van der Waals surface area contributed by atoms with E-state index in [4.69, 9.17) is 24.3 Å². The molecule has 1 atom stereocenters. The topological polar surface area (TPSA) is 114 Å². The Hall–Kier alpha value is -5.81. The summed E-state index contributed by atoms with van der Waals surface area (Å²) in [5.74, 6) is -0.324. The lowest BCUT2D eigenvalue weighted by molar-refractivity contribution is -0.138. The fourth-order valence-corrected chi connectivity index (χ4v) is 6.82. The lowest BCUT2D eigenvalue weighted by Gasteiger charge is -2.24. The molecule has 0 spiro atoms. The first kappa shape index (κ1) is 34.1. The van der Waals surface area contributed by atoms with Crippen LogP contribution >= 0.6 is 11.3 Å². The molecule has 2 aromatic heterocycles. The minimum atomic E-state index is -0.861. The van der Waals surface area contributed by atoms with E-state index in [1.807, 2.05) is 81.6 Å². The molecule has 0 bridgehead atoms. The van der Waals surface area contributed by atoms with Crippen LogP contribution in [0.25, 0.3) is 23.0 Å². The number of aryl methyl sites for hydroxylation is 1. The number of carbonyl (C=O) groups excluding carboxylic acids is 2. The summed E-state index contributed by atoms with van der Waals surface area (Å²) in [6.07, 6.45) is 5.21. The summed E-state index contributed by atoms with van der Waals surface area (Å²) in [7, 11) is 1.31. The van der Waals surface area contributed by atoms with Crippen molar-refractivity contribution in [3.05, 3.63) is 145 Å². The lowest BCUT2D eigenvalue weighted by Crippen LogP contribution is -2.40. The predicted molar refractivity (Wildman–Crippen MR) is 192 cm³/mol. The molecular formula is C39H36N4O6S. The van der Waals surface area contributed by atoms with Gasteiger partial charge in [0.1, 0.15) is 18.1 Å². The van der Waals surface area contributed by atoms with Crippen LogP contribution in [-0.2, 0) is 14.3 Å². The van der Waals surface area contributed by atoms with Crippen LogP contribution < -0.4 is 19.6 Å². The minimum absolute atomic E-state index is 0.00768. The Bertz CT molecular complexity index is 2310. The van der Waals surface area contributed by atoms with Gasteiger partial charge in [-0.15, -0.1) is 0 Å². The average Bonchev–Trinajstić information content (AvgIpc) is 3.67. The van der Waals surface area contributed by atoms with E-state index < -0.39 is 18.0 Å². The molecule has 50 heavy (non-hydrogen) atoms. The Balaban J connectivity index is 1.53. The third-order valence-corrected chi connectivity index (χ3v) is 9.07. The molecule has 3 aromatic carbocycles. The summed E-state index contributed by atoms with van der Waals surface area (Å²) >= 11 is 1.22. The Kier molecular flexibility index (Phi) is 9.78. The van der Waals surface area contributed by atoms with E-state index in [0.717, 1.165) is 28.1 Å². The molecule has 0 amide bonds. The Labute approximate surface area is 292 Å². The van der Waals surface area contributed by atoms with E-state index >= 15 is 0 Å². The predicted octanol–water partition coefficient (Wildman–Crippen LogP) is 5.70. The zero-order valence-electron chi connectivity index (χ0n) is 28.4. The zero-order chi connectivity index (χ0) is 35.5. The Morgan fingerprint density at radius 2 is 1.76 bits per heavy atom. The van der Waals surface area contributed by atoms with E-state index in [2.05, 4.69) is 6.58 Å². The molecule has 5 aromatic rings. The summed E-state index contributed by atoms with van der Waals surface area (Å²) in [6, 6.07) is 21.4. The number of hydrogen-bond acceptors (Lipinski definition) is 9. The molecule has 0 N–H and O–H groups in total. The summed E-state index contributed by atoms with van der Waals surface area (Å²) < 4.78 is 20.0. The second kappa shape index (κ2) is 14.4. The molecule has 254 valence electrons. The van der Waals surface area contributed by atoms with Gasteiger partial charge in [-0.25, -0.2) is 19.3 Å². The molecule has 0 saturated heterocycles. The smallest absolute Gasteiger partial charge is 0.338 e. The summed E-state index contributed by atoms with van der Waals surface area (Å²) in [4.78, 5) is 45.1. The third-order valence-electron chi connectivity index (χ3n) is 8.08. The SMILES string of the molecule is C=CCOC(=O)C1=C(C)N=c2s/c(=C\c3cn(-c4ccccc4)nc3-c3ccc(OC(C)C)c(C)c3)c(=O)n2[C@@H]1c1ccc(C(=O)OC)cc1. The highest BCUT2D eigenvalue weighted by atomic mass is 32.1. The molecule has 11 heteroatoms. The number of carbonyl (C=O) groups is 2. The number of hydrogen-bond donors (Lipinski definition) is 0. The monoisotopic (exact) mass is 688 g/mol. The van der Waals surface area contributed by atoms with Crippen molar-refractivity contribution in [2.75, 3.05) is 13.7 Å². The number of thiazole rings is 1. The van der Waals surface area contributed by atoms with E-state index in [1.165, 1.54) is 29.1 Å². The van der Waals surface area contributed by atoms with Crippen LogP contribution in [0, 0.1) is 6.92 Å². The van der Waals surface area contributed by atoms with Crippen molar-refractivity contribution in [1.29, 1.82) is 0 Å². The highest BCUT2D eigenvalue weighted by molar-refractivity contribution is 7.07. The van der Waals surface area contributed by atoms with E-state index in [0.29, 0.717) is 31.9 Å². The second-order valence-electron chi connectivity index (χ2n) is 11.9. The maximum Gasteiger partial charge on any atom is 0.338 e. The number of esters is 2. The van der Waals surface area contributed by atoms with Crippen LogP contribution in [0.5, 0.6) is 5.75 Å². The summed E-state index contributed by atoms with van der Waals surface area (Å²) in [5.41, 5.74) is 5.31. The quantitative estimate of drug-likeness (QED) is 0.137. The van der Waals surface area contributed by atoms with Gasteiger partial charge in [0.15, 0.2) is 4.80 Å². The Morgan fingerprint density at radius 3 is 2.42 bits per heavy atom. The fourth-order valence-electron chi connectivity index (χ4n) is 5.78. The number of nitrogens with zero attached hydrogens (tertiary/aromatic N) is 4. The number of allylic oxidation sites excluding steroid dienone is 1. The van der Waals surface area contributed by atoms with Crippen molar-refractivity contribution in [1.82, 2.24) is 14.3 Å². The number of para-hydroxylation sites is 1. The number of methoxy groups -OCH3 is 1. The van der Waals surface area contributed by atoms with Crippen molar-refractivity contribution in [3.8, 4) is 22.7 Å². The molecule has 1 aliphatic heterocycles. The molecule has 0 saturated carbocycles. The largest absolute Gasteiger partial charge is 0.491 e. The van der Waals surface area contributed by atoms with Crippen LogP contribution in [-0.4, -0.2) is 46.1 Å². The fraction of sp³-hybridized carbons (Fsp3) is 0.205. The molecule has 0 fully saturated rings. The minimum Gasteiger partial charge on any atom is -0.491 e. The van der Waals surface area contributed by atoms with Crippen LogP contribution in [0.3, 0.4) is 0 Å². The van der Waals surface area contributed by atoms with Gasteiger partial charge >= 0.3 is 11.9 Å². The van der Waals surface area contributed by atoms with Crippen molar-refractivity contribution >= 4 is 29.4 Å². The molecule has 3 heterocycles. The zero-order valence-corrected chi connectivity index (χ0v) is 29.2. The van der Waals surface area contributed by atoms with Gasteiger partial charge in [0, 0.05) is 17.3 Å². The maximum absolute atomic E-state index is 14.4. The van der Waals surface area contributed by atoms with Gasteiger partial charge in [0.25, 0.3) is 5.56 Å². The molecule has 0 unspecified atom stereocenters. The van der Waals surface area contributed by atoms with Gasteiger partial charge in [-0.05, 0) is 87.4 Å². The number of aromatic nitrogens is 3. The van der Waals surface area contributed by atoms with Crippen LogP contribution in [0.15, 0.2) is 113 Å². The van der Waals surface area contributed by atoms with Gasteiger partial charge < -0.3 is 14.2 Å². The standard InChI is InChI=1S/C39H36N4O6S/c1-7-19-48-38(46)33-25(5)40-39-43(35(33)26-13-15-27(16-14-26)37(45)47-6)36(44)32(50-39)21-29-22-42(30-11-9-8-10-12-30)41-34(29)28-17-18-31(24(4)20-28)49-23(2)3/h7-18,20-23,35H,1,19H2,2-6H3/b32-21-/t35-/m1/s1. The first-order valence-corrected chi connectivity index (χ1v) is 16.8. The first-order chi connectivity index (χ1) is 24.1. The first-order valence-electron chi connectivity index (χ1n) is 16.0. The van der Waals surface area contributed by atoms with Crippen LogP contribution in [0.4, 0.5) is 0 Å². The normalized spacial score (nSPS) is 14.3. The Morgan fingerprint density at radius 1 is 1.02 bits per heavy atom. The molecular weight excluding hydrogens is 653 g/mol. The summed E-state index contributed by atoms with van der Waals surface area (Å²) in [6.45, 7) is 11.3. The number of fused-ring (bicyclic) bond motifs is 1. The van der Waals surface area contributed by atoms with Gasteiger partial charge in [0.2, 0.25) is 0 Å². The molecule has 10 nitrogen and oxygen atoms in total. The number of ether oxygens (including phenoxy) is 3. The van der Waals surface area contributed by atoms with Gasteiger partial charge in [-0.3, -0.25) is 9.36 Å². The number of benzene rings is 3.